The minimum atomic E-state index is -0.506. The summed E-state index contributed by atoms with van der Waals surface area (Å²) in [6.45, 7) is 1.55. The molecule has 0 radical (unpaired) electrons. The first kappa shape index (κ1) is 14.2. The molecule has 21 heavy (non-hydrogen) atoms. The van der Waals surface area contributed by atoms with Crippen LogP contribution in [0.15, 0.2) is 24.3 Å². The number of nitrogens with one attached hydrogen (secondary N) is 1. The van der Waals surface area contributed by atoms with E-state index in [9.17, 15) is 4.79 Å². The number of para-hydroxylation sites is 2. The van der Waals surface area contributed by atoms with Crippen molar-refractivity contribution in [3.05, 3.63) is 24.3 Å². The molecule has 2 heterocycles. The summed E-state index contributed by atoms with van der Waals surface area (Å²) in [6, 6.07) is 7.63. The van der Waals surface area contributed by atoms with E-state index in [1.165, 1.54) is 0 Å². The normalized spacial score (nSPS) is 27.7. The highest BCUT2D eigenvalue weighted by Gasteiger charge is 2.39. The molecule has 1 saturated heterocycles. The summed E-state index contributed by atoms with van der Waals surface area (Å²) in [5, 5.41) is 3.23. The van der Waals surface area contributed by atoms with E-state index in [0.717, 1.165) is 5.69 Å². The van der Waals surface area contributed by atoms with Crippen molar-refractivity contribution in [1.29, 1.82) is 0 Å². The lowest BCUT2D eigenvalue weighted by Crippen LogP contribution is -2.46. The number of hydrogen-bond acceptors (Lipinski definition) is 5. The summed E-state index contributed by atoms with van der Waals surface area (Å²) in [7, 11) is 3.28. The summed E-state index contributed by atoms with van der Waals surface area (Å²) in [5.41, 5.74) is 0.924. The van der Waals surface area contributed by atoms with E-state index < -0.39 is 6.10 Å². The van der Waals surface area contributed by atoms with Crippen LogP contribution < -0.4 is 10.1 Å². The lowest BCUT2D eigenvalue weighted by atomic mass is 10.2. The zero-order valence-corrected chi connectivity index (χ0v) is 12.2. The molecule has 0 aliphatic carbocycles. The lowest BCUT2D eigenvalue weighted by Gasteiger charge is -2.29. The van der Waals surface area contributed by atoms with Crippen LogP contribution in [0.5, 0.6) is 5.75 Å². The largest absolute Gasteiger partial charge is 0.477 e. The van der Waals surface area contributed by atoms with Crippen LogP contribution in [0.4, 0.5) is 5.69 Å². The summed E-state index contributed by atoms with van der Waals surface area (Å²) in [5.74, 6) is 0.687. The molecule has 3 atom stereocenters. The fraction of sp³-hybridized carbons (Fsp3) is 0.533. The van der Waals surface area contributed by atoms with Crippen LogP contribution in [-0.2, 0) is 14.3 Å². The van der Waals surface area contributed by atoms with Crippen molar-refractivity contribution in [2.24, 2.45) is 0 Å². The first-order valence-electron chi connectivity index (χ1n) is 7.07. The van der Waals surface area contributed by atoms with Crippen molar-refractivity contribution in [2.75, 3.05) is 39.2 Å². The number of fused-ring (bicyclic) bond motifs is 1. The molecule has 0 bridgehead atoms. The average molecular weight is 292 g/mol. The predicted octanol–water partition coefficient (Wildman–Crippen LogP) is 0.732. The van der Waals surface area contributed by atoms with Gasteiger partial charge in [0.25, 0.3) is 5.91 Å². The Morgan fingerprint density at radius 1 is 1.24 bits per heavy atom. The number of hydrogen-bond donors (Lipinski definition) is 1. The van der Waals surface area contributed by atoms with E-state index in [1.807, 2.05) is 24.3 Å². The Bertz CT molecular complexity index is 510. The van der Waals surface area contributed by atoms with Gasteiger partial charge >= 0.3 is 0 Å². The molecule has 0 aromatic heterocycles. The van der Waals surface area contributed by atoms with Gasteiger partial charge in [0.15, 0.2) is 6.10 Å². The fourth-order valence-electron chi connectivity index (χ4n) is 2.83. The van der Waals surface area contributed by atoms with Gasteiger partial charge in [-0.05, 0) is 12.1 Å². The standard InChI is InChI=1S/C15H20N2O4/c1-19-13-8-17(9-14(13)20-2)15(18)12-7-16-10-5-3-4-6-11(10)21-12/h3-6,12-14,16H,7-9H2,1-2H3. The maximum Gasteiger partial charge on any atom is 0.265 e. The Kier molecular flexibility index (Phi) is 3.98. The molecule has 3 rings (SSSR count). The molecule has 1 amide bonds. The molecular weight excluding hydrogens is 272 g/mol. The minimum Gasteiger partial charge on any atom is -0.477 e. The highest BCUT2D eigenvalue weighted by atomic mass is 16.5. The number of rotatable bonds is 3. The summed E-state index contributed by atoms with van der Waals surface area (Å²) >= 11 is 0. The van der Waals surface area contributed by atoms with Gasteiger partial charge in [-0.3, -0.25) is 4.79 Å². The second-order valence-corrected chi connectivity index (χ2v) is 5.28. The van der Waals surface area contributed by atoms with Gasteiger partial charge in [-0.1, -0.05) is 12.1 Å². The zero-order valence-electron chi connectivity index (χ0n) is 12.2. The molecular formula is C15H20N2O4. The molecule has 2 aliphatic heterocycles. The van der Waals surface area contributed by atoms with Gasteiger partial charge in [0.1, 0.15) is 18.0 Å². The molecule has 2 aliphatic rings. The molecule has 6 nitrogen and oxygen atoms in total. The van der Waals surface area contributed by atoms with E-state index in [4.69, 9.17) is 14.2 Å². The number of ether oxygens (including phenoxy) is 3. The first-order chi connectivity index (χ1) is 10.2. The van der Waals surface area contributed by atoms with Gasteiger partial charge in [0, 0.05) is 27.3 Å². The SMILES string of the molecule is COC1CN(C(=O)C2CNc3ccccc3O2)CC1OC. The molecule has 1 N–H and O–H groups in total. The predicted molar refractivity (Wildman–Crippen MR) is 77.5 cm³/mol. The van der Waals surface area contributed by atoms with Crippen molar-refractivity contribution < 1.29 is 19.0 Å². The molecule has 1 aromatic carbocycles. The van der Waals surface area contributed by atoms with Crippen LogP contribution in [-0.4, -0.2) is 63.0 Å². The quantitative estimate of drug-likeness (QED) is 0.890. The molecule has 6 heteroatoms. The van der Waals surface area contributed by atoms with Gasteiger partial charge < -0.3 is 24.4 Å². The Balaban J connectivity index is 1.67. The Hall–Kier alpha value is -1.79. The maximum atomic E-state index is 12.6. The number of carbonyl (C=O) groups excluding carboxylic acids is 1. The summed E-state index contributed by atoms with van der Waals surface area (Å²) in [6.07, 6.45) is -0.668. The highest BCUT2D eigenvalue weighted by molar-refractivity contribution is 5.83. The van der Waals surface area contributed by atoms with Gasteiger partial charge in [-0.25, -0.2) is 0 Å². The van der Waals surface area contributed by atoms with Crippen LogP contribution in [0.3, 0.4) is 0 Å². The third kappa shape index (κ3) is 2.69. The van der Waals surface area contributed by atoms with E-state index in [-0.39, 0.29) is 18.1 Å². The second-order valence-electron chi connectivity index (χ2n) is 5.28. The Morgan fingerprint density at radius 2 is 1.90 bits per heavy atom. The Morgan fingerprint density at radius 3 is 2.57 bits per heavy atom. The zero-order chi connectivity index (χ0) is 14.8. The number of methoxy groups -OCH3 is 2. The number of amides is 1. The van der Waals surface area contributed by atoms with Crippen LogP contribution in [0, 0.1) is 0 Å². The number of nitrogens with zero attached hydrogens (tertiary/aromatic N) is 1. The van der Waals surface area contributed by atoms with Crippen LogP contribution in [0.2, 0.25) is 0 Å². The van der Waals surface area contributed by atoms with E-state index in [0.29, 0.717) is 25.4 Å². The lowest BCUT2D eigenvalue weighted by molar-refractivity contribution is -0.137. The highest BCUT2D eigenvalue weighted by Crippen LogP contribution is 2.29. The van der Waals surface area contributed by atoms with Gasteiger partial charge in [-0.15, -0.1) is 0 Å². The van der Waals surface area contributed by atoms with Gasteiger partial charge in [0.05, 0.1) is 12.2 Å². The first-order valence-corrected chi connectivity index (χ1v) is 7.07. The van der Waals surface area contributed by atoms with E-state index in [2.05, 4.69) is 5.32 Å². The molecule has 114 valence electrons. The van der Waals surface area contributed by atoms with Crippen molar-refractivity contribution >= 4 is 11.6 Å². The number of anilines is 1. The molecule has 0 spiro atoms. The minimum absolute atomic E-state index is 0.0291. The smallest absolute Gasteiger partial charge is 0.265 e. The fourth-order valence-corrected chi connectivity index (χ4v) is 2.83. The summed E-state index contributed by atoms with van der Waals surface area (Å²) in [4.78, 5) is 14.3. The number of likely N-dealkylation sites (tertiary alicyclic amines) is 1. The molecule has 0 saturated carbocycles. The van der Waals surface area contributed by atoms with Crippen molar-refractivity contribution in [3.8, 4) is 5.75 Å². The molecule has 1 aromatic rings. The van der Waals surface area contributed by atoms with Crippen LogP contribution in [0.1, 0.15) is 0 Å². The van der Waals surface area contributed by atoms with Gasteiger partial charge in [-0.2, -0.15) is 0 Å². The van der Waals surface area contributed by atoms with Gasteiger partial charge in [0.2, 0.25) is 0 Å². The number of benzene rings is 1. The topological polar surface area (TPSA) is 60.0 Å². The molecule has 3 unspecified atom stereocenters. The monoisotopic (exact) mass is 292 g/mol. The van der Waals surface area contributed by atoms with Crippen molar-refractivity contribution in [1.82, 2.24) is 4.90 Å². The van der Waals surface area contributed by atoms with E-state index in [1.54, 1.807) is 19.1 Å². The van der Waals surface area contributed by atoms with Crippen molar-refractivity contribution in [3.63, 3.8) is 0 Å². The third-order valence-electron chi connectivity index (χ3n) is 4.04. The van der Waals surface area contributed by atoms with E-state index >= 15 is 0 Å². The second kappa shape index (κ2) is 5.91. The molecule has 1 fully saturated rings. The van der Waals surface area contributed by atoms with Crippen LogP contribution in [0.25, 0.3) is 0 Å². The Labute approximate surface area is 124 Å². The van der Waals surface area contributed by atoms with Crippen molar-refractivity contribution in [2.45, 2.75) is 18.3 Å². The average Bonchev–Trinajstić information content (AvgIpc) is 2.97. The number of carbonyl (C=O) groups is 1. The third-order valence-corrected chi connectivity index (χ3v) is 4.04. The maximum absolute atomic E-state index is 12.6. The van der Waals surface area contributed by atoms with Crippen LogP contribution >= 0.6 is 0 Å². The summed E-state index contributed by atoms with van der Waals surface area (Å²) < 4.78 is 16.5.